The van der Waals surface area contributed by atoms with Crippen LogP contribution in [-0.2, 0) is 16.4 Å². The molecule has 3 aromatic carbocycles. The number of nitrogens with zero attached hydrogens (tertiary/aromatic N) is 3. The maximum Gasteiger partial charge on any atom is 0.256 e. The summed E-state index contributed by atoms with van der Waals surface area (Å²) in [6, 6.07) is 13.0. The van der Waals surface area contributed by atoms with Gasteiger partial charge in [-0.2, -0.15) is 0 Å². The first kappa shape index (κ1) is 30.1. The second-order valence-corrected chi connectivity index (χ2v) is 11.5. The molecule has 41 heavy (non-hydrogen) atoms. The van der Waals surface area contributed by atoms with Crippen LogP contribution in [0.15, 0.2) is 59.5 Å². The van der Waals surface area contributed by atoms with Gasteiger partial charge in [0.15, 0.2) is 11.5 Å². The Morgan fingerprint density at radius 2 is 1.51 bits per heavy atom. The quantitative estimate of drug-likeness (QED) is 0.355. The molecule has 0 bridgehead atoms. The van der Waals surface area contributed by atoms with Crippen molar-refractivity contribution in [1.29, 1.82) is 0 Å². The third-order valence-electron chi connectivity index (χ3n) is 7.09. The lowest BCUT2D eigenvalue weighted by molar-refractivity contribution is 0.0742. The number of piperazine rings is 1. The molecule has 1 aliphatic heterocycles. The monoisotopic (exact) mass is 589 g/mol. The van der Waals surface area contributed by atoms with Crippen molar-refractivity contribution in [2.75, 3.05) is 66.0 Å². The van der Waals surface area contributed by atoms with Gasteiger partial charge in [-0.15, -0.1) is 0 Å². The summed E-state index contributed by atoms with van der Waals surface area (Å²) in [6.07, 6.45) is 0.462. The van der Waals surface area contributed by atoms with Crippen molar-refractivity contribution in [3.05, 3.63) is 77.4 Å². The van der Waals surface area contributed by atoms with Gasteiger partial charge in [-0.1, -0.05) is 6.07 Å². The van der Waals surface area contributed by atoms with E-state index in [9.17, 15) is 22.0 Å². The Labute approximate surface area is 238 Å². The Morgan fingerprint density at radius 1 is 0.854 bits per heavy atom. The lowest BCUT2D eigenvalue weighted by Crippen LogP contribution is -2.49. The summed E-state index contributed by atoms with van der Waals surface area (Å²) in [5, 5.41) is 0. The lowest BCUT2D eigenvalue weighted by atomic mass is 10.1. The van der Waals surface area contributed by atoms with Gasteiger partial charge < -0.3 is 24.0 Å². The van der Waals surface area contributed by atoms with Crippen LogP contribution in [0.4, 0.5) is 14.5 Å². The van der Waals surface area contributed by atoms with E-state index in [4.69, 9.17) is 14.2 Å². The molecule has 0 atom stereocenters. The highest BCUT2D eigenvalue weighted by Crippen LogP contribution is 2.33. The van der Waals surface area contributed by atoms with E-state index in [-0.39, 0.29) is 30.1 Å². The van der Waals surface area contributed by atoms with Crippen LogP contribution >= 0.6 is 0 Å². The first-order valence-electron chi connectivity index (χ1n) is 12.9. The summed E-state index contributed by atoms with van der Waals surface area (Å²) in [5.41, 5.74) is 1.27. The molecule has 12 heteroatoms. The average molecular weight is 590 g/mol. The van der Waals surface area contributed by atoms with Crippen molar-refractivity contribution in [3.63, 3.8) is 0 Å². The molecule has 4 rings (SSSR count). The zero-order valence-corrected chi connectivity index (χ0v) is 24.2. The van der Waals surface area contributed by atoms with Gasteiger partial charge in [0.25, 0.3) is 5.91 Å². The molecule has 1 fully saturated rings. The number of carbonyl (C=O) groups is 1. The van der Waals surface area contributed by atoms with Crippen LogP contribution in [0.25, 0.3) is 0 Å². The Morgan fingerprint density at radius 3 is 2.15 bits per heavy atom. The molecule has 0 unspecified atom stereocenters. The van der Waals surface area contributed by atoms with Crippen molar-refractivity contribution in [3.8, 4) is 17.2 Å². The molecule has 1 aliphatic rings. The van der Waals surface area contributed by atoms with Crippen LogP contribution < -0.4 is 19.1 Å². The largest absolute Gasteiger partial charge is 0.495 e. The highest BCUT2D eigenvalue weighted by atomic mass is 32.2. The van der Waals surface area contributed by atoms with E-state index in [1.165, 1.54) is 29.4 Å². The highest BCUT2D eigenvalue weighted by molar-refractivity contribution is 7.89. The zero-order valence-electron chi connectivity index (χ0n) is 23.4. The van der Waals surface area contributed by atoms with Gasteiger partial charge in [0, 0.05) is 45.8 Å². The molecule has 0 saturated carbocycles. The summed E-state index contributed by atoms with van der Waals surface area (Å²) < 4.78 is 71.8. The summed E-state index contributed by atoms with van der Waals surface area (Å²) >= 11 is 0. The summed E-state index contributed by atoms with van der Waals surface area (Å²) in [7, 11) is 2.29. The third kappa shape index (κ3) is 6.54. The molecule has 0 aliphatic carbocycles. The van der Waals surface area contributed by atoms with E-state index in [1.54, 1.807) is 32.4 Å². The van der Waals surface area contributed by atoms with Gasteiger partial charge in [-0.3, -0.25) is 4.79 Å². The second kappa shape index (κ2) is 12.7. The average Bonchev–Trinajstić information content (AvgIpc) is 2.99. The van der Waals surface area contributed by atoms with Gasteiger partial charge in [-0.05, 0) is 54.4 Å². The molecular weight excluding hydrogens is 556 g/mol. The van der Waals surface area contributed by atoms with Gasteiger partial charge >= 0.3 is 0 Å². The van der Waals surface area contributed by atoms with Gasteiger partial charge in [-0.25, -0.2) is 21.5 Å². The van der Waals surface area contributed by atoms with E-state index in [1.807, 2.05) is 17.0 Å². The van der Waals surface area contributed by atoms with Gasteiger partial charge in [0.1, 0.15) is 17.4 Å². The predicted molar refractivity (Wildman–Crippen MR) is 151 cm³/mol. The highest BCUT2D eigenvalue weighted by Gasteiger charge is 2.28. The maximum absolute atomic E-state index is 14.1. The topological polar surface area (TPSA) is 88.6 Å². The number of sulfonamides is 1. The minimum atomic E-state index is -3.83. The normalized spacial score (nSPS) is 13.8. The fourth-order valence-corrected chi connectivity index (χ4v) is 5.88. The van der Waals surface area contributed by atoms with Crippen LogP contribution in [0.2, 0.25) is 0 Å². The van der Waals surface area contributed by atoms with Crippen molar-refractivity contribution in [1.82, 2.24) is 9.21 Å². The van der Waals surface area contributed by atoms with E-state index >= 15 is 0 Å². The number of rotatable bonds is 10. The number of methoxy groups -OCH3 is 3. The molecule has 0 aromatic heterocycles. The number of anilines is 1. The van der Waals surface area contributed by atoms with Crippen molar-refractivity contribution >= 4 is 21.6 Å². The molecule has 1 amide bonds. The predicted octanol–water partition coefficient (Wildman–Crippen LogP) is 3.82. The fraction of sp³-hybridized carbons (Fsp3) is 0.345. The molecule has 0 N–H and O–H groups in total. The van der Waals surface area contributed by atoms with E-state index in [0.29, 0.717) is 48.5 Å². The first-order chi connectivity index (χ1) is 19.6. The van der Waals surface area contributed by atoms with Crippen LogP contribution in [0.5, 0.6) is 17.2 Å². The molecule has 9 nitrogen and oxygen atoms in total. The Balaban J connectivity index is 1.46. The van der Waals surface area contributed by atoms with Gasteiger partial charge in [0.2, 0.25) is 10.0 Å². The smallest absolute Gasteiger partial charge is 0.256 e. The van der Waals surface area contributed by atoms with Crippen LogP contribution in [0.1, 0.15) is 15.9 Å². The number of amides is 1. The standard InChI is InChI=1S/C29H33F2N3O6S/c1-32(12-11-20-5-9-27(39-3)28(17-20)40-4)41(36,37)22-7-10-26(38-2)25(19-22)33-13-15-34(16-14-33)29(35)23-8-6-21(30)18-24(23)31/h5-10,17-19H,11-16H2,1-4H3. The molecule has 1 heterocycles. The molecule has 0 radical (unpaired) electrons. The van der Waals surface area contributed by atoms with Gasteiger partial charge in [0.05, 0.1) is 37.5 Å². The second-order valence-electron chi connectivity index (χ2n) is 9.50. The van der Waals surface area contributed by atoms with E-state index in [2.05, 4.69) is 0 Å². The number of hydrogen-bond acceptors (Lipinski definition) is 7. The number of carbonyl (C=O) groups excluding carboxylic acids is 1. The SMILES string of the molecule is COc1ccc(CCN(C)S(=O)(=O)c2ccc(OC)c(N3CCN(C(=O)c4ccc(F)cc4F)CC3)c2)cc1OC. The minimum absolute atomic E-state index is 0.106. The Kier molecular flexibility index (Phi) is 9.34. The van der Waals surface area contributed by atoms with Crippen LogP contribution in [0.3, 0.4) is 0 Å². The number of benzene rings is 3. The molecule has 3 aromatic rings. The fourth-order valence-electron chi connectivity index (χ4n) is 4.68. The molecule has 220 valence electrons. The van der Waals surface area contributed by atoms with Crippen molar-refractivity contribution < 1.29 is 36.2 Å². The summed E-state index contributed by atoms with van der Waals surface area (Å²) in [5.74, 6) is -0.539. The van der Waals surface area contributed by atoms with E-state index < -0.39 is 27.6 Å². The number of likely N-dealkylation sites (N-methyl/N-ethyl adjacent to an activating group) is 1. The number of ether oxygens (including phenoxy) is 3. The molecular formula is C29H33F2N3O6S. The summed E-state index contributed by atoms with van der Waals surface area (Å²) in [6.45, 7) is 1.50. The minimum Gasteiger partial charge on any atom is -0.495 e. The van der Waals surface area contributed by atoms with Crippen LogP contribution in [-0.4, -0.2) is 84.6 Å². The Bertz CT molecular complexity index is 1510. The third-order valence-corrected chi connectivity index (χ3v) is 8.94. The van der Waals surface area contributed by atoms with Crippen LogP contribution in [0, 0.1) is 11.6 Å². The lowest BCUT2D eigenvalue weighted by Gasteiger charge is -2.37. The molecule has 0 spiro atoms. The maximum atomic E-state index is 14.1. The van der Waals surface area contributed by atoms with E-state index in [0.717, 1.165) is 17.7 Å². The Hall–Kier alpha value is -3.90. The van der Waals surface area contributed by atoms with Crippen molar-refractivity contribution in [2.45, 2.75) is 11.3 Å². The molecule has 1 saturated heterocycles. The summed E-state index contributed by atoms with van der Waals surface area (Å²) in [4.78, 5) is 16.3. The van der Waals surface area contributed by atoms with Crippen molar-refractivity contribution in [2.24, 2.45) is 0 Å². The first-order valence-corrected chi connectivity index (χ1v) is 14.4. The number of hydrogen-bond donors (Lipinski definition) is 0. The number of halogens is 2. The zero-order chi connectivity index (χ0) is 29.7.